The van der Waals surface area contributed by atoms with Crippen molar-refractivity contribution >= 4 is 23.4 Å². The van der Waals surface area contributed by atoms with Gasteiger partial charge in [-0.1, -0.05) is 11.8 Å². The molecule has 0 radical (unpaired) electrons. The number of thioether (sulfide) groups is 1. The molecule has 1 amide bonds. The molecular weight excluding hydrogens is 339 g/mol. The lowest BCUT2D eigenvalue weighted by Gasteiger charge is -2.08. The van der Waals surface area contributed by atoms with Gasteiger partial charge in [0.05, 0.1) is 22.0 Å². The standard InChI is InChI=1S/C14H9F5N2OS/c15-9-2-3-10(16)11(5-9)21-12(22)7-23-13-4-1-8(6-20-13)14(17,18)19/h1-6H,7H2,(H,21,22). The van der Waals surface area contributed by atoms with Crippen LogP contribution in [0.5, 0.6) is 0 Å². The van der Waals surface area contributed by atoms with E-state index in [1.807, 2.05) is 0 Å². The quantitative estimate of drug-likeness (QED) is 0.668. The number of anilines is 1. The summed E-state index contributed by atoms with van der Waals surface area (Å²) in [7, 11) is 0. The summed E-state index contributed by atoms with van der Waals surface area (Å²) >= 11 is 0.870. The van der Waals surface area contributed by atoms with Crippen molar-refractivity contribution in [3.05, 3.63) is 53.7 Å². The number of nitrogens with zero attached hydrogens (tertiary/aromatic N) is 1. The Labute approximate surface area is 131 Å². The monoisotopic (exact) mass is 348 g/mol. The summed E-state index contributed by atoms with van der Waals surface area (Å²) in [6, 6.07) is 4.58. The van der Waals surface area contributed by atoms with Crippen molar-refractivity contribution in [2.75, 3.05) is 11.1 Å². The Kier molecular flexibility index (Phi) is 5.19. The van der Waals surface area contributed by atoms with Crippen molar-refractivity contribution in [1.82, 2.24) is 4.98 Å². The average molecular weight is 348 g/mol. The van der Waals surface area contributed by atoms with Crippen LogP contribution in [0.25, 0.3) is 0 Å². The number of pyridine rings is 1. The van der Waals surface area contributed by atoms with Gasteiger partial charge in [-0.05, 0) is 24.3 Å². The van der Waals surface area contributed by atoms with Crippen molar-refractivity contribution in [1.29, 1.82) is 0 Å². The molecule has 0 unspecified atom stereocenters. The number of nitrogens with one attached hydrogen (secondary N) is 1. The molecule has 0 aliphatic carbocycles. The molecule has 1 aromatic carbocycles. The first-order valence-corrected chi connectivity index (χ1v) is 7.15. The molecule has 0 bridgehead atoms. The third kappa shape index (κ3) is 4.92. The highest BCUT2D eigenvalue weighted by molar-refractivity contribution is 7.99. The minimum Gasteiger partial charge on any atom is -0.323 e. The van der Waals surface area contributed by atoms with Crippen LogP contribution in [0.2, 0.25) is 0 Å². The van der Waals surface area contributed by atoms with Crippen LogP contribution < -0.4 is 5.32 Å². The number of hydrogen-bond acceptors (Lipinski definition) is 3. The van der Waals surface area contributed by atoms with E-state index in [0.717, 1.165) is 42.1 Å². The Balaban J connectivity index is 1.93. The number of halogens is 5. The fraction of sp³-hybridized carbons (Fsp3) is 0.143. The number of hydrogen-bond donors (Lipinski definition) is 1. The summed E-state index contributed by atoms with van der Waals surface area (Å²) in [4.78, 5) is 15.2. The molecule has 1 aromatic heterocycles. The molecule has 0 fully saturated rings. The van der Waals surface area contributed by atoms with Crippen LogP contribution in [-0.2, 0) is 11.0 Å². The van der Waals surface area contributed by atoms with Crippen molar-refractivity contribution in [3.8, 4) is 0 Å². The maximum absolute atomic E-state index is 13.3. The molecule has 1 N–H and O–H groups in total. The first-order chi connectivity index (χ1) is 10.8. The highest BCUT2D eigenvalue weighted by atomic mass is 32.2. The van der Waals surface area contributed by atoms with E-state index < -0.39 is 29.3 Å². The molecule has 3 nitrogen and oxygen atoms in total. The fourth-order valence-corrected chi connectivity index (χ4v) is 2.20. The lowest BCUT2D eigenvalue weighted by molar-refractivity contribution is -0.137. The number of benzene rings is 1. The molecule has 122 valence electrons. The van der Waals surface area contributed by atoms with Gasteiger partial charge in [0.1, 0.15) is 11.6 Å². The smallest absolute Gasteiger partial charge is 0.323 e. The van der Waals surface area contributed by atoms with Crippen LogP contribution in [0.4, 0.5) is 27.6 Å². The Bertz CT molecular complexity index is 703. The van der Waals surface area contributed by atoms with Gasteiger partial charge in [0, 0.05) is 12.3 Å². The second kappa shape index (κ2) is 6.95. The molecule has 23 heavy (non-hydrogen) atoms. The second-order valence-corrected chi connectivity index (χ2v) is 5.34. The van der Waals surface area contributed by atoms with Crippen molar-refractivity contribution in [2.24, 2.45) is 0 Å². The summed E-state index contributed by atoms with van der Waals surface area (Å²) in [6.45, 7) is 0. The molecular formula is C14H9F5N2OS. The first kappa shape index (κ1) is 17.2. The zero-order valence-corrected chi connectivity index (χ0v) is 12.1. The maximum atomic E-state index is 13.3. The Morgan fingerprint density at radius 1 is 1.17 bits per heavy atom. The van der Waals surface area contributed by atoms with E-state index in [0.29, 0.717) is 6.20 Å². The van der Waals surface area contributed by atoms with Crippen LogP contribution in [0.1, 0.15) is 5.56 Å². The molecule has 2 aromatic rings. The largest absolute Gasteiger partial charge is 0.417 e. The third-order valence-electron chi connectivity index (χ3n) is 2.62. The van der Waals surface area contributed by atoms with Gasteiger partial charge in [0.15, 0.2) is 0 Å². The van der Waals surface area contributed by atoms with Crippen LogP contribution in [-0.4, -0.2) is 16.6 Å². The van der Waals surface area contributed by atoms with Crippen LogP contribution in [0.3, 0.4) is 0 Å². The lowest BCUT2D eigenvalue weighted by atomic mass is 10.3. The lowest BCUT2D eigenvalue weighted by Crippen LogP contribution is -2.15. The molecule has 0 aliphatic rings. The molecule has 0 aliphatic heterocycles. The van der Waals surface area contributed by atoms with Gasteiger partial charge in [-0.25, -0.2) is 13.8 Å². The van der Waals surface area contributed by atoms with Crippen molar-refractivity contribution < 1.29 is 26.7 Å². The summed E-state index contributed by atoms with van der Waals surface area (Å²) < 4.78 is 63.4. The molecule has 0 atom stereocenters. The van der Waals surface area contributed by atoms with Gasteiger partial charge >= 0.3 is 6.18 Å². The second-order valence-electron chi connectivity index (χ2n) is 4.34. The topological polar surface area (TPSA) is 42.0 Å². The molecule has 0 saturated heterocycles. The minimum absolute atomic E-state index is 0.202. The summed E-state index contributed by atoms with van der Waals surface area (Å²) in [5.41, 5.74) is -1.20. The molecule has 2 rings (SSSR count). The van der Waals surface area contributed by atoms with E-state index in [1.54, 1.807) is 0 Å². The van der Waals surface area contributed by atoms with Crippen LogP contribution in [0.15, 0.2) is 41.6 Å². The summed E-state index contributed by atoms with van der Waals surface area (Å²) in [5, 5.41) is 2.38. The van der Waals surface area contributed by atoms with Gasteiger partial charge in [0.25, 0.3) is 0 Å². The zero-order valence-electron chi connectivity index (χ0n) is 11.3. The normalized spacial score (nSPS) is 11.3. The third-order valence-corrected chi connectivity index (χ3v) is 3.56. The van der Waals surface area contributed by atoms with E-state index in [1.165, 1.54) is 0 Å². The van der Waals surface area contributed by atoms with Gasteiger partial charge in [-0.15, -0.1) is 0 Å². The molecule has 0 saturated carbocycles. The SMILES string of the molecule is O=C(CSc1ccc(C(F)(F)F)cn1)Nc1cc(F)ccc1F. The van der Waals surface area contributed by atoms with Gasteiger partial charge in [0.2, 0.25) is 5.91 Å². The highest BCUT2D eigenvalue weighted by Crippen LogP contribution is 2.29. The molecule has 0 spiro atoms. The number of carbonyl (C=O) groups excluding carboxylic acids is 1. The maximum Gasteiger partial charge on any atom is 0.417 e. The van der Waals surface area contributed by atoms with Crippen LogP contribution >= 0.6 is 11.8 Å². The van der Waals surface area contributed by atoms with Crippen molar-refractivity contribution in [2.45, 2.75) is 11.2 Å². The predicted octanol–water partition coefficient (Wildman–Crippen LogP) is 4.11. The number of aromatic nitrogens is 1. The Morgan fingerprint density at radius 3 is 2.52 bits per heavy atom. The van der Waals surface area contributed by atoms with Gasteiger partial charge in [-0.2, -0.15) is 13.2 Å². The Hall–Kier alpha value is -2.16. The van der Waals surface area contributed by atoms with E-state index in [4.69, 9.17) is 0 Å². The highest BCUT2D eigenvalue weighted by Gasteiger charge is 2.30. The summed E-state index contributed by atoms with van der Waals surface area (Å²) in [6.07, 6.45) is -3.82. The number of alkyl halides is 3. The summed E-state index contributed by atoms with van der Waals surface area (Å²) in [5.74, 6) is -2.36. The van der Waals surface area contributed by atoms with Crippen LogP contribution in [0, 0.1) is 11.6 Å². The number of amides is 1. The zero-order chi connectivity index (χ0) is 17.0. The van der Waals surface area contributed by atoms with Gasteiger partial charge in [-0.3, -0.25) is 4.79 Å². The molecule has 1 heterocycles. The van der Waals surface area contributed by atoms with Crippen molar-refractivity contribution in [3.63, 3.8) is 0 Å². The average Bonchev–Trinajstić information content (AvgIpc) is 2.48. The predicted molar refractivity (Wildman–Crippen MR) is 75.0 cm³/mol. The molecule has 9 heteroatoms. The number of carbonyl (C=O) groups is 1. The van der Waals surface area contributed by atoms with E-state index in [9.17, 15) is 26.7 Å². The van der Waals surface area contributed by atoms with E-state index in [-0.39, 0.29) is 16.5 Å². The van der Waals surface area contributed by atoms with E-state index >= 15 is 0 Å². The van der Waals surface area contributed by atoms with E-state index in [2.05, 4.69) is 10.3 Å². The minimum atomic E-state index is -4.48. The Morgan fingerprint density at radius 2 is 1.91 bits per heavy atom. The fourth-order valence-electron chi connectivity index (χ4n) is 1.55. The van der Waals surface area contributed by atoms with Gasteiger partial charge < -0.3 is 5.32 Å². The number of rotatable bonds is 4. The first-order valence-electron chi connectivity index (χ1n) is 6.16.